The van der Waals surface area contributed by atoms with Gasteiger partial charge in [-0.25, -0.2) is 0 Å². The monoisotopic (exact) mass is 170 g/mol. The van der Waals surface area contributed by atoms with E-state index in [-0.39, 0.29) is 5.48 Å². The first-order valence-electron chi connectivity index (χ1n) is 3.96. The predicted octanol–water partition coefficient (Wildman–Crippen LogP) is 2.03. The lowest BCUT2D eigenvalue weighted by atomic mass is 10.2. The molecule has 0 spiro atoms. The van der Waals surface area contributed by atoms with Gasteiger partial charge >= 0.3 is 0 Å². The van der Waals surface area contributed by atoms with Crippen LogP contribution in [0.1, 0.15) is 19.4 Å². The zero-order valence-corrected chi connectivity index (χ0v) is 8.00. The Bertz CT molecular complexity index is 161. The number of rotatable bonds is 2. The highest BCUT2D eigenvalue weighted by molar-refractivity contribution is 5.13. The number of benzene rings is 1. The van der Waals surface area contributed by atoms with Crippen molar-refractivity contribution in [2.24, 2.45) is 0 Å². The first kappa shape index (κ1) is 13.7. The fraction of sp³-hybridized carbons (Fsp3) is 0.400. The molecule has 1 aromatic rings. The second-order valence-corrected chi connectivity index (χ2v) is 1.92. The minimum Gasteiger partial charge on any atom is -0.412 e. The summed E-state index contributed by atoms with van der Waals surface area (Å²) in [6.07, 6.45) is 0. The summed E-state index contributed by atoms with van der Waals surface area (Å²) in [5.41, 5.74) is 1.22. The van der Waals surface area contributed by atoms with Crippen molar-refractivity contribution >= 4 is 0 Å². The van der Waals surface area contributed by atoms with Crippen LogP contribution in [0, 0.1) is 0 Å². The average Bonchev–Trinajstić information content (AvgIpc) is 2.11. The van der Waals surface area contributed by atoms with E-state index in [0.29, 0.717) is 6.61 Å². The fourth-order valence-electron chi connectivity index (χ4n) is 0.741. The van der Waals surface area contributed by atoms with Crippen molar-refractivity contribution in [3.63, 3.8) is 0 Å². The lowest BCUT2D eigenvalue weighted by Gasteiger charge is -1.95. The van der Waals surface area contributed by atoms with Gasteiger partial charge in [0.1, 0.15) is 0 Å². The van der Waals surface area contributed by atoms with Crippen LogP contribution >= 0.6 is 0 Å². The quantitative estimate of drug-likeness (QED) is 0.669. The Hall–Kier alpha value is -0.860. The van der Waals surface area contributed by atoms with Gasteiger partial charge in [-0.1, -0.05) is 44.2 Å². The van der Waals surface area contributed by atoms with Crippen LogP contribution in [0.15, 0.2) is 30.3 Å². The molecule has 1 rings (SSSR count). The summed E-state index contributed by atoms with van der Waals surface area (Å²) in [6.45, 7) is 4.71. The molecule has 0 radical (unpaired) electrons. The Labute approximate surface area is 74.5 Å². The third-order valence-electron chi connectivity index (χ3n) is 1.15. The SMILES string of the molecule is CC.COCc1ccccc1.O. The van der Waals surface area contributed by atoms with E-state index in [0.717, 1.165) is 0 Å². The van der Waals surface area contributed by atoms with Crippen molar-refractivity contribution in [1.29, 1.82) is 0 Å². The molecule has 12 heavy (non-hydrogen) atoms. The molecule has 0 heterocycles. The molecule has 0 aliphatic heterocycles. The molecule has 0 unspecified atom stereocenters. The summed E-state index contributed by atoms with van der Waals surface area (Å²) in [5, 5.41) is 0. The highest BCUT2D eigenvalue weighted by Crippen LogP contribution is 1.98. The van der Waals surface area contributed by atoms with Gasteiger partial charge in [0, 0.05) is 7.11 Å². The predicted molar refractivity (Wildman–Crippen MR) is 52.1 cm³/mol. The average molecular weight is 170 g/mol. The van der Waals surface area contributed by atoms with Gasteiger partial charge in [0.25, 0.3) is 0 Å². The highest BCUT2D eigenvalue weighted by Gasteiger charge is 1.84. The molecule has 0 saturated heterocycles. The lowest BCUT2D eigenvalue weighted by Crippen LogP contribution is -1.84. The molecule has 0 amide bonds. The number of hydrogen-bond donors (Lipinski definition) is 0. The summed E-state index contributed by atoms with van der Waals surface area (Å²) >= 11 is 0. The van der Waals surface area contributed by atoms with Crippen molar-refractivity contribution in [3.05, 3.63) is 35.9 Å². The molecule has 0 saturated carbocycles. The normalized spacial score (nSPS) is 7.58. The molecule has 0 fully saturated rings. The van der Waals surface area contributed by atoms with Gasteiger partial charge in [0.05, 0.1) is 6.61 Å². The highest BCUT2D eigenvalue weighted by atomic mass is 16.5. The topological polar surface area (TPSA) is 40.7 Å². The molecule has 0 aliphatic carbocycles. The van der Waals surface area contributed by atoms with Crippen LogP contribution in [0.25, 0.3) is 0 Å². The van der Waals surface area contributed by atoms with Crippen LogP contribution in [0.2, 0.25) is 0 Å². The lowest BCUT2D eigenvalue weighted by molar-refractivity contribution is 0.185. The molecular weight excluding hydrogens is 152 g/mol. The van der Waals surface area contributed by atoms with Crippen LogP contribution in [0.5, 0.6) is 0 Å². The van der Waals surface area contributed by atoms with Crippen molar-refractivity contribution in [3.8, 4) is 0 Å². The smallest absolute Gasteiger partial charge is 0.0713 e. The minimum absolute atomic E-state index is 0. The Morgan fingerprint density at radius 1 is 1.08 bits per heavy atom. The van der Waals surface area contributed by atoms with Crippen LogP contribution in [-0.4, -0.2) is 12.6 Å². The Morgan fingerprint density at radius 2 is 1.58 bits per heavy atom. The zero-order chi connectivity index (χ0) is 8.53. The van der Waals surface area contributed by atoms with E-state index in [2.05, 4.69) is 0 Å². The van der Waals surface area contributed by atoms with Crippen molar-refractivity contribution in [2.45, 2.75) is 20.5 Å². The summed E-state index contributed by atoms with van der Waals surface area (Å²) < 4.78 is 4.93. The van der Waals surface area contributed by atoms with Gasteiger partial charge in [0.15, 0.2) is 0 Å². The third kappa shape index (κ3) is 5.89. The molecule has 2 nitrogen and oxygen atoms in total. The zero-order valence-electron chi connectivity index (χ0n) is 8.00. The van der Waals surface area contributed by atoms with Crippen LogP contribution in [0.3, 0.4) is 0 Å². The van der Waals surface area contributed by atoms with Crippen molar-refractivity contribution < 1.29 is 10.2 Å². The van der Waals surface area contributed by atoms with Gasteiger partial charge in [-0.05, 0) is 5.56 Å². The third-order valence-corrected chi connectivity index (χ3v) is 1.15. The molecule has 0 atom stereocenters. The Kier molecular flexibility index (Phi) is 11.6. The maximum atomic E-state index is 4.93. The molecule has 2 heteroatoms. The molecular formula is C10H18O2. The number of hydrogen-bond acceptors (Lipinski definition) is 1. The van der Waals surface area contributed by atoms with Gasteiger partial charge < -0.3 is 10.2 Å². The van der Waals surface area contributed by atoms with Gasteiger partial charge in [-0.3, -0.25) is 0 Å². The maximum Gasteiger partial charge on any atom is 0.0713 e. The van der Waals surface area contributed by atoms with E-state index in [1.54, 1.807) is 7.11 Å². The maximum absolute atomic E-state index is 4.93. The van der Waals surface area contributed by atoms with Gasteiger partial charge in [0.2, 0.25) is 0 Å². The van der Waals surface area contributed by atoms with E-state index in [4.69, 9.17) is 4.74 Å². The van der Waals surface area contributed by atoms with E-state index in [9.17, 15) is 0 Å². The molecule has 2 N–H and O–H groups in total. The van der Waals surface area contributed by atoms with Gasteiger partial charge in [-0.2, -0.15) is 0 Å². The molecule has 0 bridgehead atoms. The molecule has 0 aliphatic rings. The number of methoxy groups -OCH3 is 1. The van der Waals surface area contributed by atoms with Crippen molar-refractivity contribution in [2.75, 3.05) is 7.11 Å². The standard InChI is InChI=1S/C8H10O.C2H6.H2O/c1-9-7-8-5-3-2-4-6-8;1-2;/h2-6H,7H2,1H3;1-2H3;1H2. The fourth-order valence-corrected chi connectivity index (χ4v) is 0.741. The molecule has 1 aromatic carbocycles. The van der Waals surface area contributed by atoms with Crippen LogP contribution in [-0.2, 0) is 11.3 Å². The molecule has 0 aromatic heterocycles. The first-order chi connectivity index (χ1) is 5.43. The van der Waals surface area contributed by atoms with E-state index in [1.807, 2.05) is 44.2 Å². The summed E-state index contributed by atoms with van der Waals surface area (Å²) in [7, 11) is 1.70. The van der Waals surface area contributed by atoms with Crippen LogP contribution < -0.4 is 0 Å². The van der Waals surface area contributed by atoms with Crippen LogP contribution in [0.4, 0.5) is 0 Å². The summed E-state index contributed by atoms with van der Waals surface area (Å²) in [5.74, 6) is 0. The second kappa shape index (κ2) is 10.1. The Balaban J connectivity index is 0. The Morgan fingerprint density at radius 3 is 2.00 bits per heavy atom. The largest absolute Gasteiger partial charge is 0.412 e. The summed E-state index contributed by atoms with van der Waals surface area (Å²) in [6, 6.07) is 10.1. The second-order valence-electron chi connectivity index (χ2n) is 1.92. The first-order valence-corrected chi connectivity index (χ1v) is 3.96. The number of ether oxygens (including phenoxy) is 1. The van der Waals surface area contributed by atoms with Gasteiger partial charge in [-0.15, -0.1) is 0 Å². The van der Waals surface area contributed by atoms with E-state index < -0.39 is 0 Å². The summed E-state index contributed by atoms with van der Waals surface area (Å²) in [4.78, 5) is 0. The van der Waals surface area contributed by atoms with Crippen molar-refractivity contribution in [1.82, 2.24) is 0 Å². The van der Waals surface area contributed by atoms with E-state index >= 15 is 0 Å². The van der Waals surface area contributed by atoms with E-state index in [1.165, 1.54) is 5.56 Å². The minimum atomic E-state index is 0. The molecule has 70 valence electrons.